The van der Waals surface area contributed by atoms with Crippen LogP contribution in [-0.2, 0) is 0 Å². The Morgan fingerprint density at radius 3 is 2.94 bits per heavy atom. The maximum absolute atomic E-state index is 10.9. The number of furan rings is 1. The number of carboxylic acids is 1. The highest BCUT2D eigenvalue weighted by atomic mass is 32.1. The van der Waals surface area contributed by atoms with Crippen LogP contribution in [0.5, 0.6) is 0 Å². The zero-order valence-corrected chi connectivity index (χ0v) is 10.2. The van der Waals surface area contributed by atoms with Gasteiger partial charge < -0.3 is 14.8 Å². The standard InChI is InChI=1S/C11H12N2O3S/c1-6(8-4-3-5-16-8)12-11-13-7(2)9(17-11)10(14)15/h3-6H,1-2H3,(H,12,13)(H,14,15). The summed E-state index contributed by atoms with van der Waals surface area (Å²) in [7, 11) is 0. The minimum Gasteiger partial charge on any atom is -0.477 e. The van der Waals surface area contributed by atoms with Crippen molar-refractivity contribution < 1.29 is 14.3 Å². The van der Waals surface area contributed by atoms with Crippen LogP contribution in [0.15, 0.2) is 22.8 Å². The molecule has 90 valence electrons. The number of nitrogens with one attached hydrogen (secondary N) is 1. The molecule has 2 aromatic rings. The van der Waals surface area contributed by atoms with Crippen LogP contribution < -0.4 is 5.32 Å². The van der Waals surface area contributed by atoms with Crippen molar-refractivity contribution in [3.05, 3.63) is 34.7 Å². The Morgan fingerprint density at radius 2 is 2.41 bits per heavy atom. The third-order valence-electron chi connectivity index (χ3n) is 2.30. The number of thiazole rings is 1. The number of aromatic nitrogens is 1. The summed E-state index contributed by atoms with van der Waals surface area (Å²) >= 11 is 1.13. The van der Waals surface area contributed by atoms with E-state index >= 15 is 0 Å². The summed E-state index contributed by atoms with van der Waals surface area (Å²) in [4.78, 5) is 15.3. The van der Waals surface area contributed by atoms with E-state index in [1.54, 1.807) is 13.2 Å². The number of aromatic carboxylic acids is 1. The molecule has 5 nitrogen and oxygen atoms in total. The van der Waals surface area contributed by atoms with E-state index in [2.05, 4.69) is 10.3 Å². The maximum Gasteiger partial charge on any atom is 0.347 e. The first-order chi connectivity index (χ1) is 8.08. The van der Waals surface area contributed by atoms with Crippen LogP contribution in [0.3, 0.4) is 0 Å². The molecule has 0 spiro atoms. The summed E-state index contributed by atoms with van der Waals surface area (Å²) in [6.07, 6.45) is 1.60. The van der Waals surface area contributed by atoms with E-state index < -0.39 is 5.97 Å². The van der Waals surface area contributed by atoms with Crippen molar-refractivity contribution in [2.75, 3.05) is 5.32 Å². The molecule has 0 aliphatic rings. The van der Waals surface area contributed by atoms with Gasteiger partial charge in [-0.1, -0.05) is 11.3 Å². The fourth-order valence-corrected chi connectivity index (χ4v) is 2.34. The van der Waals surface area contributed by atoms with Gasteiger partial charge in [0.25, 0.3) is 0 Å². The molecule has 0 saturated carbocycles. The Kier molecular flexibility index (Phi) is 3.14. The van der Waals surface area contributed by atoms with Crippen LogP contribution in [0.1, 0.15) is 34.1 Å². The molecule has 0 bridgehead atoms. The number of rotatable bonds is 4. The Balaban J connectivity index is 2.14. The van der Waals surface area contributed by atoms with Crippen LogP contribution in [0.4, 0.5) is 5.13 Å². The maximum atomic E-state index is 10.9. The van der Waals surface area contributed by atoms with E-state index in [0.717, 1.165) is 17.1 Å². The van der Waals surface area contributed by atoms with Crippen LogP contribution in [0.25, 0.3) is 0 Å². The third kappa shape index (κ3) is 2.47. The quantitative estimate of drug-likeness (QED) is 0.875. The van der Waals surface area contributed by atoms with E-state index in [4.69, 9.17) is 9.52 Å². The molecule has 0 fully saturated rings. The van der Waals surface area contributed by atoms with Gasteiger partial charge in [-0.2, -0.15) is 0 Å². The molecule has 0 radical (unpaired) electrons. The first-order valence-corrected chi connectivity index (χ1v) is 5.90. The van der Waals surface area contributed by atoms with Gasteiger partial charge in [-0.05, 0) is 26.0 Å². The Morgan fingerprint density at radius 1 is 1.65 bits per heavy atom. The van der Waals surface area contributed by atoms with E-state index in [0.29, 0.717) is 10.8 Å². The molecule has 2 heterocycles. The van der Waals surface area contributed by atoms with Crippen LogP contribution in [0.2, 0.25) is 0 Å². The minimum absolute atomic E-state index is 0.0443. The van der Waals surface area contributed by atoms with Gasteiger partial charge in [0, 0.05) is 0 Å². The lowest BCUT2D eigenvalue weighted by atomic mass is 10.3. The van der Waals surface area contributed by atoms with Crippen molar-refractivity contribution in [3.63, 3.8) is 0 Å². The molecule has 0 aliphatic heterocycles. The average Bonchev–Trinajstić information content (AvgIpc) is 2.86. The van der Waals surface area contributed by atoms with Gasteiger partial charge in [0.1, 0.15) is 10.6 Å². The zero-order valence-electron chi connectivity index (χ0n) is 9.43. The molecule has 0 saturated heterocycles. The Labute approximate surface area is 102 Å². The van der Waals surface area contributed by atoms with Gasteiger partial charge in [0.05, 0.1) is 18.0 Å². The van der Waals surface area contributed by atoms with Crippen molar-refractivity contribution in [1.82, 2.24) is 4.98 Å². The molecule has 2 rings (SSSR count). The molecular formula is C11H12N2O3S. The molecule has 1 unspecified atom stereocenters. The highest BCUT2D eigenvalue weighted by molar-refractivity contribution is 7.17. The average molecular weight is 252 g/mol. The predicted octanol–water partition coefficient (Wildman–Crippen LogP) is 2.92. The lowest BCUT2D eigenvalue weighted by Gasteiger charge is -2.09. The topological polar surface area (TPSA) is 75.4 Å². The first kappa shape index (κ1) is 11.7. The smallest absolute Gasteiger partial charge is 0.347 e. The number of hydrogen-bond donors (Lipinski definition) is 2. The SMILES string of the molecule is Cc1nc(NC(C)c2ccco2)sc1C(=O)O. The van der Waals surface area contributed by atoms with Gasteiger partial charge >= 0.3 is 5.97 Å². The van der Waals surface area contributed by atoms with Crippen molar-refractivity contribution in [1.29, 1.82) is 0 Å². The zero-order chi connectivity index (χ0) is 12.4. The first-order valence-electron chi connectivity index (χ1n) is 5.08. The molecule has 1 atom stereocenters. The summed E-state index contributed by atoms with van der Waals surface area (Å²) in [5.41, 5.74) is 0.525. The molecule has 6 heteroatoms. The minimum atomic E-state index is -0.946. The second-order valence-electron chi connectivity index (χ2n) is 3.62. The lowest BCUT2D eigenvalue weighted by molar-refractivity contribution is 0.0701. The van der Waals surface area contributed by atoms with Gasteiger partial charge in [-0.25, -0.2) is 9.78 Å². The Bertz CT molecular complexity index is 519. The number of nitrogens with zero attached hydrogens (tertiary/aromatic N) is 1. The highest BCUT2D eigenvalue weighted by Crippen LogP contribution is 2.26. The van der Waals surface area contributed by atoms with E-state index in [1.807, 2.05) is 19.1 Å². The van der Waals surface area contributed by atoms with Gasteiger partial charge in [0.2, 0.25) is 0 Å². The molecule has 2 N–H and O–H groups in total. The van der Waals surface area contributed by atoms with Crippen molar-refractivity contribution >= 4 is 22.4 Å². The van der Waals surface area contributed by atoms with Crippen LogP contribution in [0, 0.1) is 6.92 Å². The summed E-state index contributed by atoms with van der Waals surface area (Å²) in [5.74, 6) is -0.159. The highest BCUT2D eigenvalue weighted by Gasteiger charge is 2.16. The lowest BCUT2D eigenvalue weighted by Crippen LogP contribution is -2.04. The van der Waals surface area contributed by atoms with E-state index in [1.165, 1.54) is 0 Å². The predicted molar refractivity (Wildman–Crippen MR) is 64.6 cm³/mol. The van der Waals surface area contributed by atoms with E-state index in [9.17, 15) is 4.79 Å². The van der Waals surface area contributed by atoms with Crippen molar-refractivity contribution in [2.45, 2.75) is 19.9 Å². The molecule has 0 aliphatic carbocycles. The van der Waals surface area contributed by atoms with Gasteiger partial charge in [0.15, 0.2) is 5.13 Å². The fourth-order valence-electron chi connectivity index (χ4n) is 1.45. The number of aryl methyl sites for hydroxylation is 1. The summed E-state index contributed by atoms with van der Waals surface area (Å²) < 4.78 is 5.25. The number of carbonyl (C=O) groups is 1. The largest absolute Gasteiger partial charge is 0.477 e. The third-order valence-corrected chi connectivity index (χ3v) is 3.38. The summed E-state index contributed by atoms with van der Waals surface area (Å²) in [6.45, 7) is 3.61. The Hall–Kier alpha value is -1.82. The van der Waals surface area contributed by atoms with Crippen LogP contribution in [-0.4, -0.2) is 16.1 Å². The second kappa shape index (κ2) is 4.58. The van der Waals surface area contributed by atoms with Crippen molar-refractivity contribution in [2.24, 2.45) is 0 Å². The summed E-state index contributed by atoms with van der Waals surface area (Å²) in [5, 5.41) is 12.6. The number of carboxylic acid groups (broad SMARTS) is 1. The summed E-state index contributed by atoms with van der Waals surface area (Å²) in [6, 6.07) is 3.62. The van der Waals surface area contributed by atoms with Crippen molar-refractivity contribution in [3.8, 4) is 0 Å². The monoisotopic (exact) mass is 252 g/mol. The van der Waals surface area contributed by atoms with Gasteiger partial charge in [-0.3, -0.25) is 0 Å². The van der Waals surface area contributed by atoms with Crippen LogP contribution >= 0.6 is 11.3 Å². The molecule has 17 heavy (non-hydrogen) atoms. The molecule has 2 aromatic heterocycles. The molecular weight excluding hydrogens is 240 g/mol. The van der Waals surface area contributed by atoms with Gasteiger partial charge in [-0.15, -0.1) is 0 Å². The molecule has 0 aromatic carbocycles. The second-order valence-corrected chi connectivity index (χ2v) is 4.62. The fraction of sp³-hybridized carbons (Fsp3) is 0.273. The molecule has 0 amide bonds. The number of anilines is 1. The number of hydrogen-bond acceptors (Lipinski definition) is 5. The normalized spacial score (nSPS) is 12.4. The van der Waals surface area contributed by atoms with E-state index in [-0.39, 0.29) is 10.9 Å².